The summed E-state index contributed by atoms with van der Waals surface area (Å²) in [5.41, 5.74) is 1.35. The molecule has 0 unspecified atom stereocenters. The Morgan fingerprint density at radius 2 is 1.68 bits per heavy atom. The van der Waals surface area contributed by atoms with Crippen LogP contribution in [0.2, 0.25) is 0 Å². The van der Waals surface area contributed by atoms with Crippen LogP contribution in [0.25, 0.3) is 0 Å². The van der Waals surface area contributed by atoms with Crippen molar-refractivity contribution in [3.63, 3.8) is 0 Å². The predicted molar refractivity (Wildman–Crippen MR) is 80.9 cm³/mol. The SMILES string of the molecule is CC(C)(C)/C=C(/C=C/C1CCCC1)B1OCCCO1. The number of rotatable bonds is 3. The van der Waals surface area contributed by atoms with Crippen molar-refractivity contribution in [2.45, 2.75) is 52.9 Å². The fourth-order valence-electron chi connectivity index (χ4n) is 2.77. The molecule has 1 saturated carbocycles. The second kappa shape index (κ2) is 6.76. The highest BCUT2D eigenvalue weighted by Crippen LogP contribution is 2.27. The molecule has 0 aromatic heterocycles. The maximum Gasteiger partial charge on any atom is 0.493 e. The average Bonchev–Trinajstić information content (AvgIpc) is 2.87. The van der Waals surface area contributed by atoms with Gasteiger partial charge < -0.3 is 9.31 Å². The first-order valence-electron chi connectivity index (χ1n) is 7.69. The van der Waals surface area contributed by atoms with E-state index in [1.54, 1.807) is 0 Å². The highest BCUT2D eigenvalue weighted by Gasteiger charge is 2.27. The van der Waals surface area contributed by atoms with E-state index in [-0.39, 0.29) is 12.5 Å². The second-order valence-electron chi connectivity index (χ2n) is 6.84. The number of hydrogen-bond acceptors (Lipinski definition) is 2. The molecule has 0 atom stereocenters. The van der Waals surface area contributed by atoms with Crippen LogP contribution in [0.3, 0.4) is 0 Å². The highest BCUT2D eigenvalue weighted by atomic mass is 16.6. The molecule has 0 aromatic rings. The number of allylic oxidation sites excluding steroid dienone is 4. The Morgan fingerprint density at radius 1 is 1.05 bits per heavy atom. The molecule has 1 aliphatic heterocycles. The summed E-state index contributed by atoms with van der Waals surface area (Å²) in [6.07, 6.45) is 13.3. The van der Waals surface area contributed by atoms with Crippen LogP contribution in [0.4, 0.5) is 0 Å². The van der Waals surface area contributed by atoms with Crippen LogP contribution in [-0.2, 0) is 9.31 Å². The predicted octanol–water partition coefficient (Wildman–Crippen LogP) is 4.17. The molecule has 2 fully saturated rings. The molecule has 0 spiro atoms. The van der Waals surface area contributed by atoms with Gasteiger partial charge in [-0.25, -0.2) is 0 Å². The Balaban J connectivity index is 2.06. The normalized spacial score (nSPS) is 23.5. The molecule has 106 valence electrons. The Kier molecular flexibility index (Phi) is 5.29. The first kappa shape index (κ1) is 14.9. The van der Waals surface area contributed by atoms with Gasteiger partial charge in [0.2, 0.25) is 0 Å². The maximum atomic E-state index is 5.76. The lowest BCUT2D eigenvalue weighted by molar-refractivity contribution is 0.140. The van der Waals surface area contributed by atoms with E-state index in [1.807, 2.05) is 0 Å². The third kappa shape index (κ3) is 5.16. The van der Waals surface area contributed by atoms with Crippen molar-refractivity contribution in [3.05, 3.63) is 23.7 Å². The monoisotopic (exact) mass is 262 g/mol. The minimum Gasteiger partial charge on any atom is -0.407 e. The van der Waals surface area contributed by atoms with Crippen molar-refractivity contribution < 1.29 is 9.31 Å². The zero-order valence-corrected chi connectivity index (χ0v) is 12.7. The number of hydrogen-bond donors (Lipinski definition) is 0. The average molecular weight is 262 g/mol. The molecule has 2 rings (SSSR count). The summed E-state index contributed by atoms with van der Waals surface area (Å²) in [5, 5.41) is 0. The van der Waals surface area contributed by atoms with Crippen LogP contribution in [0.5, 0.6) is 0 Å². The zero-order chi connectivity index (χ0) is 13.7. The summed E-state index contributed by atoms with van der Waals surface area (Å²) in [7, 11) is -0.161. The first-order chi connectivity index (χ1) is 9.04. The Morgan fingerprint density at radius 3 is 2.26 bits per heavy atom. The van der Waals surface area contributed by atoms with Gasteiger partial charge in [0, 0.05) is 13.2 Å². The summed E-state index contributed by atoms with van der Waals surface area (Å²) >= 11 is 0. The highest BCUT2D eigenvalue weighted by molar-refractivity contribution is 6.54. The van der Waals surface area contributed by atoms with Gasteiger partial charge in [-0.15, -0.1) is 0 Å². The largest absolute Gasteiger partial charge is 0.493 e. The Labute approximate surface area is 118 Å². The molecular formula is C16H27BO2. The Hall–Kier alpha value is -0.535. The standard InChI is InChI=1S/C16H27BO2/c1-16(2,3)13-15(17-18-11-6-12-19-17)10-9-14-7-4-5-8-14/h9-10,13-14H,4-8,11-12H2,1-3H3/b10-9+,15-13-. The van der Waals surface area contributed by atoms with Crippen LogP contribution < -0.4 is 0 Å². The molecule has 0 bridgehead atoms. The van der Waals surface area contributed by atoms with Crippen molar-refractivity contribution in [1.82, 2.24) is 0 Å². The lowest BCUT2D eigenvalue weighted by atomic mass is 9.73. The van der Waals surface area contributed by atoms with E-state index in [2.05, 4.69) is 39.0 Å². The van der Waals surface area contributed by atoms with Crippen molar-refractivity contribution >= 4 is 7.12 Å². The van der Waals surface area contributed by atoms with Crippen LogP contribution in [0.15, 0.2) is 23.7 Å². The van der Waals surface area contributed by atoms with Crippen molar-refractivity contribution in [2.24, 2.45) is 11.3 Å². The van der Waals surface area contributed by atoms with Gasteiger partial charge in [-0.1, -0.05) is 51.8 Å². The lowest BCUT2D eigenvalue weighted by Crippen LogP contribution is -2.32. The Bertz CT molecular complexity index is 329. The minimum absolute atomic E-state index is 0.152. The molecule has 19 heavy (non-hydrogen) atoms. The van der Waals surface area contributed by atoms with Gasteiger partial charge in [-0.3, -0.25) is 0 Å². The van der Waals surface area contributed by atoms with E-state index in [0.717, 1.165) is 25.6 Å². The van der Waals surface area contributed by atoms with Crippen LogP contribution in [0.1, 0.15) is 52.9 Å². The molecule has 0 N–H and O–H groups in total. The van der Waals surface area contributed by atoms with Gasteiger partial charge in [0.05, 0.1) is 0 Å². The van der Waals surface area contributed by atoms with Crippen molar-refractivity contribution in [2.75, 3.05) is 13.2 Å². The molecular weight excluding hydrogens is 235 g/mol. The molecule has 2 aliphatic rings. The molecule has 0 amide bonds. The lowest BCUT2D eigenvalue weighted by Gasteiger charge is -2.23. The molecule has 2 nitrogen and oxygen atoms in total. The summed E-state index contributed by atoms with van der Waals surface area (Å²) in [6.45, 7) is 8.28. The smallest absolute Gasteiger partial charge is 0.407 e. The fraction of sp³-hybridized carbons (Fsp3) is 0.750. The molecule has 0 aromatic carbocycles. The summed E-state index contributed by atoms with van der Waals surface area (Å²) in [6, 6.07) is 0. The third-order valence-corrected chi connectivity index (χ3v) is 3.66. The zero-order valence-electron chi connectivity index (χ0n) is 12.7. The molecule has 0 radical (unpaired) electrons. The van der Waals surface area contributed by atoms with E-state index in [9.17, 15) is 0 Å². The van der Waals surface area contributed by atoms with Gasteiger partial charge in [-0.05, 0) is 36.1 Å². The van der Waals surface area contributed by atoms with E-state index in [4.69, 9.17) is 9.31 Å². The van der Waals surface area contributed by atoms with Gasteiger partial charge >= 0.3 is 7.12 Å². The summed E-state index contributed by atoms with van der Waals surface area (Å²) < 4.78 is 11.5. The van der Waals surface area contributed by atoms with Crippen LogP contribution >= 0.6 is 0 Å². The summed E-state index contributed by atoms with van der Waals surface area (Å²) in [4.78, 5) is 0. The molecule has 1 saturated heterocycles. The summed E-state index contributed by atoms with van der Waals surface area (Å²) in [5.74, 6) is 0.756. The van der Waals surface area contributed by atoms with E-state index >= 15 is 0 Å². The van der Waals surface area contributed by atoms with Gasteiger partial charge in [0.15, 0.2) is 0 Å². The fourth-order valence-corrected chi connectivity index (χ4v) is 2.77. The van der Waals surface area contributed by atoms with Crippen LogP contribution in [-0.4, -0.2) is 20.3 Å². The van der Waals surface area contributed by atoms with Gasteiger partial charge in [0.1, 0.15) is 0 Å². The van der Waals surface area contributed by atoms with Crippen molar-refractivity contribution in [3.8, 4) is 0 Å². The van der Waals surface area contributed by atoms with Crippen molar-refractivity contribution in [1.29, 1.82) is 0 Å². The minimum atomic E-state index is -0.161. The topological polar surface area (TPSA) is 18.5 Å². The maximum absolute atomic E-state index is 5.76. The van der Waals surface area contributed by atoms with E-state index in [1.165, 1.54) is 31.2 Å². The second-order valence-corrected chi connectivity index (χ2v) is 6.84. The van der Waals surface area contributed by atoms with E-state index in [0.29, 0.717) is 0 Å². The molecule has 1 heterocycles. The molecule has 1 aliphatic carbocycles. The van der Waals surface area contributed by atoms with E-state index < -0.39 is 0 Å². The van der Waals surface area contributed by atoms with Crippen LogP contribution in [0, 0.1) is 11.3 Å². The third-order valence-electron chi connectivity index (χ3n) is 3.66. The quantitative estimate of drug-likeness (QED) is 0.561. The molecule has 3 heteroatoms. The first-order valence-corrected chi connectivity index (χ1v) is 7.69. The van der Waals surface area contributed by atoms with Gasteiger partial charge in [0.25, 0.3) is 0 Å². The van der Waals surface area contributed by atoms with Gasteiger partial charge in [-0.2, -0.15) is 0 Å².